The summed E-state index contributed by atoms with van der Waals surface area (Å²) < 4.78 is 32.5. The summed E-state index contributed by atoms with van der Waals surface area (Å²) in [4.78, 5) is 13.0. The summed E-state index contributed by atoms with van der Waals surface area (Å²) in [6, 6.07) is 12.8. The zero-order valence-electron chi connectivity index (χ0n) is 17.5. The molecular weight excluding hydrogens is 436 g/mol. The molecule has 0 aromatic heterocycles. The number of sulfonamides is 1. The van der Waals surface area contributed by atoms with Crippen molar-refractivity contribution < 1.29 is 17.9 Å². The van der Waals surface area contributed by atoms with Gasteiger partial charge in [-0.15, -0.1) is 0 Å². The first-order chi connectivity index (χ1) is 14.9. The fourth-order valence-corrected chi connectivity index (χ4v) is 6.33. The summed E-state index contributed by atoms with van der Waals surface area (Å²) >= 11 is 6.11. The van der Waals surface area contributed by atoms with Crippen LogP contribution in [-0.4, -0.2) is 38.8 Å². The van der Waals surface area contributed by atoms with Crippen LogP contribution in [0, 0.1) is 5.92 Å². The smallest absolute Gasteiger partial charge is 0.243 e. The number of halogens is 1. The van der Waals surface area contributed by atoms with Crippen LogP contribution in [0.2, 0.25) is 5.02 Å². The molecule has 31 heavy (non-hydrogen) atoms. The molecule has 4 rings (SSSR count). The van der Waals surface area contributed by atoms with Crippen LogP contribution in [0.5, 0.6) is 5.75 Å². The van der Waals surface area contributed by atoms with Gasteiger partial charge in [0.1, 0.15) is 5.75 Å². The summed E-state index contributed by atoms with van der Waals surface area (Å²) in [5, 5.41) is 3.47. The zero-order chi connectivity index (χ0) is 22.0. The summed E-state index contributed by atoms with van der Waals surface area (Å²) in [6.45, 7) is 0.622. The molecule has 1 atom stereocenters. The molecular formula is C23H27ClN2O4S. The van der Waals surface area contributed by atoms with Crippen molar-refractivity contribution in [1.29, 1.82) is 0 Å². The number of carbonyl (C=O) groups is 1. The lowest BCUT2D eigenvalue weighted by atomic mass is 9.87. The van der Waals surface area contributed by atoms with Crippen LogP contribution >= 0.6 is 11.6 Å². The predicted molar refractivity (Wildman–Crippen MR) is 120 cm³/mol. The third kappa shape index (κ3) is 4.59. The van der Waals surface area contributed by atoms with E-state index < -0.39 is 10.0 Å². The van der Waals surface area contributed by atoms with E-state index in [0.717, 1.165) is 19.3 Å². The van der Waals surface area contributed by atoms with Gasteiger partial charge in [0, 0.05) is 19.0 Å². The molecule has 166 valence electrons. The second kappa shape index (κ2) is 9.18. The molecule has 1 aliphatic heterocycles. The molecule has 1 N–H and O–H groups in total. The Morgan fingerprint density at radius 3 is 2.58 bits per heavy atom. The second-order valence-electron chi connectivity index (χ2n) is 8.13. The Kier molecular flexibility index (Phi) is 6.55. The maximum Gasteiger partial charge on any atom is 0.243 e. The predicted octanol–water partition coefficient (Wildman–Crippen LogP) is 3.94. The number of hydrogen-bond acceptors (Lipinski definition) is 4. The van der Waals surface area contributed by atoms with Crippen LogP contribution in [-0.2, 0) is 21.2 Å². The zero-order valence-corrected chi connectivity index (χ0v) is 19.1. The molecule has 1 heterocycles. The number of benzene rings is 2. The van der Waals surface area contributed by atoms with Gasteiger partial charge < -0.3 is 10.1 Å². The number of piperidine rings is 1. The first-order valence-corrected chi connectivity index (χ1v) is 12.4. The standard InChI is InChI=1S/C23H27ClN2O4S/c1-30-22-10-9-18(15-20(22)24)31(28,29)26-13-11-17(12-14-26)23(27)25-21-8-4-6-16-5-2-3-7-19(16)21/h2-3,5,7,9-10,15,17,21H,4,6,8,11-14H2,1H3,(H,25,27). The van der Waals surface area contributed by atoms with Gasteiger partial charge in [-0.3, -0.25) is 4.79 Å². The Morgan fingerprint density at radius 1 is 1.13 bits per heavy atom. The van der Waals surface area contributed by atoms with E-state index in [2.05, 4.69) is 17.4 Å². The molecule has 0 saturated carbocycles. The fraction of sp³-hybridized carbons (Fsp3) is 0.435. The minimum Gasteiger partial charge on any atom is -0.495 e. The quantitative estimate of drug-likeness (QED) is 0.730. The lowest BCUT2D eigenvalue weighted by Crippen LogP contribution is -2.44. The molecule has 1 aliphatic carbocycles. The Bertz CT molecular complexity index is 1060. The van der Waals surface area contributed by atoms with Gasteiger partial charge in [0.05, 0.1) is 23.1 Å². The van der Waals surface area contributed by atoms with Gasteiger partial charge in [-0.1, -0.05) is 35.9 Å². The van der Waals surface area contributed by atoms with Crippen LogP contribution in [0.25, 0.3) is 0 Å². The summed E-state index contributed by atoms with van der Waals surface area (Å²) in [7, 11) is -2.18. The average Bonchev–Trinajstić information content (AvgIpc) is 2.79. The molecule has 2 aliphatic rings. The Labute approximate surface area is 188 Å². The number of nitrogens with zero attached hydrogens (tertiary/aromatic N) is 1. The first-order valence-electron chi connectivity index (χ1n) is 10.6. The van der Waals surface area contributed by atoms with E-state index in [0.29, 0.717) is 31.7 Å². The molecule has 0 radical (unpaired) electrons. The maximum absolute atomic E-state index is 13.0. The minimum absolute atomic E-state index is 0.0197. The van der Waals surface area contributed by atoms with Crippen LogP contribution in [0.4, 0.5) is 0 Å². The number of carbonyl (C=O) groups excluding carboxylic acids is 1. The van der Waals surface area contributed by atoms with E-state index in [4.69, 9.17) is 16.3 Å². The molecule has 1 saturated heterocycles. The number of fused-ring (bicyclic) bond motifs is 1. The molecule has 1 amide bonds. The van der Waals surface area contributed by atoms with Crippen LogP contribution in [0.1, 0.15) is 42.9 Å². The average molecular weight is 463 g/mol. The highest BCUT2D eigenvalue weighted by Gasteiger charge is 2.33. The first kappa shape index (κ1) is 22.1. The molecule has 0 bridgehead atoms. The highest BCUT2D eigenvalue weighted by molar-refractivity contribution is 7.89. The third-order valence-electron chi connectivity index (χ3n) is 6.27. The van der Waals surface area contributed by atoms with Crippen molar-refractivity contribution in [1.82, 2.24) is 9.62 Å². The topological polar surface area (TPSA) is 75.7 Å². The molecule has 0 spiro atoms. The summed E-state index contributed by atoms with van der Waals surface area (Å²) in [5.41, 5.74) is 2.51. The van der Waals surface area contributed by atoms with Crippen LogP contribution in [0.3, 0.4) is 0 Å². The van der Waals surface area contributed by atoms with E-state index in [-0.39, 0.29) is 27.8 Å². The van der Waals surface area contributed by atoms with E-state index in [1.807, 2.05) is 12.1 Å². The van der Waals surface area contributed by atoms with Crippen molar-refractivity contribution in [2.24, 2.45) is 5.92 Å². The Hall–Kier alpha value is -2.09. The van der Waals surface area contributed by atoms with Crippen LogP contribution in [0.15, 0.2) is 47.4 Å². The van der Waals surface area contributed by atoms with Crippen molar-refractivity contribution in [3.8, 4) is 5.75 Å². The van der Waals surface area contributed by atoms with E-state index in [1.54, 1.807) is 6.07 Å². The lowest BCUT2D eigenvalue weighted by molar-refractivity contribution is -0.127. The summed E-state index contributed by atoms with van der Waals surface area (Å²) in [5.74, 6) is 0.270. The molecule has 2 aromatic carbocycles. The van der Waals surface area contributed by atoms with Gasteiger partial charge in [0.25, 0.3) is 0 Å². The number of rotatable bonds is 5. The lowest BCUT2D eigenvalue weighted by Gasteiger charge is -2.32. The number of nitrogens with one attached hydrogen (secondary N) is 1. The van der Waals surface area contributed by atoms with E-state index >= 15 is 0 Å². The molecule has 1 unspecified atom stereocenters. The van der Waals surface area contributed by atoms with Gasteiger partial charge in [-0.05, 0) is 61.4 Å². The van der Waals surface area contributed by atoms with Crippen molar-refractivity contribution >= 4 is 27.5 Å². The van der Waals surface area contributed by atoms with E-state index in [9.17, 15) is 13.2 Å². The van der Waals surface area contributed by atoms with E-state index in [1.165, 1.54) is 34.7 Å². The van der Waals surface area contributed by atoms with Gasteiger partial charge >= 0.3 is 0 Å². The number of hydrogen-bond donors (Lipinski definition) is 1. The normalized spacial score (nSPS) is 20.1. The van der Waals surface area contributed by atoms with Gasteiger partial charge in [-0.2, -0.15) is 4.31 Å². The van der Waals surface area contributed by atoms with Crippen molar-refractivity contribution in [2.45, 2.75) is 43.0 Å². The molecule has 2 aromatic rings. The number of amides is 1. The molecule has 6 nitrogen and oxygen atoms in total. The Balaban J connectivity index is 1.38. The van der Waals surface area contributed by atoms with Crippen molar-refractivity contribution in [2.75, 3.05) is 20.2 Å². The molecule has 1 fully saturated rings. The monoisotopic (exact) mass is 462 g/mol. The molecule has 8 heteroatoms. The second-order valence-corrected chi connectivity index (χ2v) is 10.5. The minimum atomic E-state index is -3.66. The van der Waals surface area contributed by atoms with Crippen molar-refractivity contribution in [3.63, 3.8) is 0 Å². The van der Waals surface area contributed by atoms with Gasteiger partial charge in [0.15, 0.2) is 0 Å². The SMILES string of the molecule is COc1ccc(S(=O)(=O)N2CCC(C(=O)NC3CCCc4ccccc43)CC2)cc1Cl. The largest absolute Gasteiger partial charge is 0.495 e. The number of aryl methyl sites for hydroxylation is 1. The van der Waals surface area contributed by atoms with Crippen molar-refractivity contribution in [3.05, 3.63) is 58.6 Å². The fourth-order valence-electron chi connectivity index (χ4n) is 4.51. The van der Waals surface area contributed by atoms with Gasteiger partial charge in [-0.25, -0.2) is 8.42 Å². The Morgan fingerprint density at radius 2 is 1.87 bits per heavy atom. The third-order valence-corrected chi connectivity index (χ3v) is 8.46. The van der Waals surface area contributed by atoms with Crippen LogP contribution < -0.4 is 10.1 Å². The number of methoxy groups -OCH3 is 1. The maximum atomic E-state index is 13.0. The highest BCUT2D eigenvalue weighted by atomic mass is 35.5. The number of ether oxygens (including phenoxy) is 1. The highest BCUT2D eigenvalue weighted by Crippen LogP contribution is 2.32. The van der Waals surface area contributed by atoms with Gasteiger partial charge in [0.2, 0.25) is 15.9 Å². The summed E-state index contributed by atoms with van der Waals surface area (Å²) in [6.07, 6.45) is 4.05.